The van der Waals surface area contributed by atoms with Gasteiger partial charge in [-0.1, -0.05) is 6.92 Å². The molecule has 94 valence electrons. The lowest BCUT2D eigenvalue weighted by Crippen LogP contribution is -2.12. The van der Waals surface area contributed by atoms with Crippen LogP contribution in [0.3, 0.4) is 0 Å². The van der Waals surface area contributed by atoms with Gasteiger partial charge in [-0.15, -0.1) is 0 Å². The van der Waals surface area contributed by atoms with Crippen molar-refractivity contribution in [1.29, 1.82) is 0 Å². The number of nitrogens with zero attached hydrogens (tertiary/aromatic N) is 2. The topological polar surface area (TPSA) is 86.9 Å². The standard InChI is InChI=1S/C13H16N4O/c1-2-4-17-5-3-16-13(17)12(18)9-6-10(14)8-11(15)7-9/h3,5-8H,2,4,14-15H2,1H3. The highest BCUT2D eigenvalue weighted by atomic mass is 16.1. The lowest BCUT2D eigenvalue weighted by Gasteiger charge is -2.06. The lowest BCUT2D eigenvalue weighted by molar-refractivity contribution is 0.102. The van der Waals surface area contributed by atoms with Gasteiger partial charge in [-0.3, -0.25) is 4.79 Å². The number of carbonyl (C=O) groups is 1. The van der Waals surface area contributed by atoms with Gasteiger partial charge in [0.15, 0.2) is 5.82 Å². The van der Waals surface area contributed by atoms with Gasteiger partial charge in [-0.2, -0.15) is 0 Å². The van der Waals surface area contributed by atoms with E-state index in [9.17, 15) is 4.79 Å². The van der Waals surface area contributed by atoms with Crippen LogP contribution in [0.5, 0.6) is 0 Å². The third-order valence-electron chi connectivity index (χ3n) is 2.62. The molecular formula is C13H16N4O. The van der Waals surface area contributed by atoms with Crippen molar-refractivity contribution in [3.05, 3.63) is 42.0 Å². The molecule has 0 saturated heterocycles. The zero-order chi connectivity index (χ0) is 13.1. The van der Waals surface area contributed by atoms with Gasteiger partial charge in [0.05, 0.1) is 0 Å². The highest BCUT2D eigenvalue weighted by molar-refractivity contribution is 6.07. The molecule has 1 aromatic carbocycles. The summed E-state index contributed by atoms with van der Waals surface area (Å²) in [5.74, 6) is 0.259. The predicted octanol–water partition coefficient (Wildman–Crippen LogP) is 1.69. The Hall–Kier alpha value is -2.30. The molecule has 4 N–H and O–H groups in total. The number of carbonyl (C=O) groups excluding carboxylic acids is 1. The van der Waals surface area contributed by atoms with Gasteiger partial charge in [0.2, 0.25) is 5.78 Å². The highest BCUT2D eigenvalue weighted by Gasteiger charge is 2.15. The van der Waals surface area contributed by atoms with Crippen LogP contribution in [0, 0.1) is 0 Å². The minimum absolute atomic E-state index is 0.160. The van der Waals surface area contributed by atoms with Gasteiger partial charge in [-0.25, -0.2) is 4.98 Å². The molecule has 0 radical (unpaired) electrons. The largest absolute Gasteiger partial charge is 0.399 e. The van der Waals surface area contributed by atoms with E-state index in [2.05, 4.69) is 4.98 Å². The Bertz CT molecular complexity index is 554. The highest BCUT2D eigenvalue weighted by Crippen LogP contribution is 2.16. The molecule has 0 atom stereocenters. The number of nitrogens with two attached hydrogens (primary N) is 2. The molecule has 0 spiro atoms. The Morgan fingerprint density at radius 2 is 1.94 bits per heavy atom. The van der Waals surface area contributed by atoms with Crippen molar-refractivity contribution < 1.29 is 4.79 Å². The monoisotopic (exact) mass is 244 g/mol. The van der Waals surface area contributed by atoms with E-state index in [0.29, 0.717) is 22.8 Å². The normalized spacial score (nSPS) is 10.5. The number of ketones is 1. The molecule has 0 saturated carbocycles. The molecule has 5 nitrogen and oxygen atoms in total. The van der Waals surface area contributed by atoms with Crippen LogP contribution in [-0.2, 0) is 6.54 Å². The zero-order valence-corrected chi connectivity index (χ0v) is 10.3. The molecule has 1 heterocycles. The Morgan fingerprint density at radius 3 is 2.56 bits per heavy atom. The van der Waals surface area contributed by atoms with E-state index in [1.54, 1.807) is 30.6 Å². The molecule has 1 aromatic heterocycles. The summed E-state index contributed by atoms with van der Waals surface area (Å²) in [6, 6.07) is 4.85. The average Bonchev–Trinajstić information content (AvgIpc) is 2.75. The van der Waals surface area contributed by atoms with Crippen LogP contribution in [0.15, 0.2) is 30.6 Å². The summed E-state index contributed by atoms with van der Waals surface area (Å²) in [7, 11) is 0. The second-order valence-corrected chi connectivity index (χ2v) is 4.16. The molecule has 0 aliphatic rings. The van der Waals surface area contributed by atoms with Crippen molar-refractivity contribution in [3.63, 3.8) is 0 Å². The van der Waals surface area contributed by atoms with Gasteiger partial charge in [0, 0.05) is 35.9 Å². The molecule has 0 aliphatic carbocycles. The number of imidazole rings is 1. The van der Waals surface area contributed by atoms with Crippen molar-refractivity contribution in [2.75, 3.05) is 11.5 Å². The van der Waals surface area contributed by atoms with E-state index in [0.717, 1.165) is 13.0 Å². The molecule has 5 heteroatoms. The number of hydrogen-bond donors (Lipinski definition) is 2. The SMILES string of the molecule is CCCn1ccnc1C(=O)c1cc(N)cc(N)c1. The van der Waals surface area contributed by atoms with Crippen LogP contribution in [0.2, 0.25) is 0 Å². The predicted molar refractivity (Wildman–Crippen MR) is 71.2 cm³/mol. The first-order valence-electron chi connectivity index (χ1n) is 5.83. The van der Waals surface area contributed by atoms with E-state index < -0.39 is 0 Å². The summed E-state index contributed by atoms with van der Waals surface area (Å²) in [5, 5.41) is 0. The first kappa shape index (κ1) is 12.2. The number of nitrogen functional groups attached to an aromatic ring is 2. The molecule has 0 fully saturated rings. The number of anilines is 2. The molecule has 0 aliphatic heterocycles. The van der Waals surface area contributed by atoms with Crippen LogP contribution in [0.4, 0.5) is 11.4 Å². The second kappa shape index (κ2) is 4.91. The zero-order valence-electron chi connectivity index (χ0n) is 10.3. The Kier molecular flexibility index (Phi) is 3.32. The number of rotatable bonds is 4. The Balaban J connectivity index is 2.38. The fraction of sp³-hybridized carbons (Fsp3) is 0.231. The third-order valence-corrected chi connectivity index (χ3v) is 2.62. The van der Waals surface area contributed by atoms with E-state index in [1.165, 1.54) is 0 Å². The molecule has 18 heavy (non-hydrogen) atoms. The quantitative estimate of drug-likeness (QED) is 0.633. The van der Waals surface area contributed by atoms with Crippen LogP contribution >= 0.6 is 0 Å². The average molecular weight is 244 g/mol. The van der Waals surface area contributed by atoms with Gasteiger partial charge >= 0.3 is 0 Å². The minimum atomic E-state index is -0.160. The van der Waals surface area contributed by atoms with Crippen LogP contribution < -0.4 is 11.5 Å². The number of aryl methyl sites for hydroxylation is 1. The molecule has 0 unspecified atom stereocenters. The van der Waals surface area contributed by atoms with Crippen LogP contribution in [0.25, 0.3) is 0 Å². The first-order chi connectivity index (χ1) is 8.61. The van der Waals surface area contributed by atoms with Gasteiger partial charge in [0.25, 0.3) is 0 Å². The summed E-state index contributed by atoms with van der Waals surface area (Å²) in [6.45, 7) is 2.81. The molecular weight excluding hydrogens is 228 g/mol. The fourth-order valence-corrected chi connectivity index (χ4v) is 1.88. The van der Waals surface area contributed by atoms with Crippen molar-refractivity contribution in [1.82, 2.24) is 9.55 Å². The fourth-order valence-electron chi connectivity index (χ4n) is 1.88. The van der Waals surface area contributed by atoms with E-state index in [4.69, 9.17) is 11.5 Å². The first-order valence-corrected chi connectivity index (χ1v) is 5.83. The summed E-state index contributed by atoms with van der Waals surface area (Å²) in [4.78, 5) is 16.4. The third kappa shape index (κ3) is 2.34. The molecule has 2 aromatic rings. The minimum Gasteiger partial charge on any atom is -0.399 e. The lowest BCUT2D eigenvalue weighted by atomic mass is 10.1. The Morgan fingerprint density at radius 1 is 1.28 bits per heavy atom. The summed E-state index contributed by atoms with van der Waals surface area (Å²) < 4.78 is 1.84. The van der Waals surface area contributed by atoms with Gasteiger partial charge in [-0.05, 0) is 24.6 Å². The molecule has 0 bridgehead atoms. The number of hydrogen-bond acceptors (Lipinski definition) is 4. The van der Waals surface area contributed by atoms with E-state index in [1.807, 2.05) is 11.5 Å². The van der Waals surface area contributed by atoms with E-state index in [-0.39, 0.29) is 5.78 Å². The maximum Gasteiger partial charge on any atom is 0.228 e. The number of aromatic nitrogens is 2. The van der Waals surface area contributed by atoms with E-state index >= 15 is 0 Å². The van der Waals surface area contributed by atoms with Crippen molar-refractivity contribution in [2.45, 2.75) is 19.9 Å². The maximum atomic E-state index is 12.3. The van der Waals surface area contributed by atoms with Gasteiger partial charge in [0.1, 0.15) is 0 Å². The molecule has 0 amide bonds. The van der Waals surface area contributed by atoms with Crippen LogP contribution in [0.1, 0.15) is 29.5 Å². The Labute approximate surface area is 105 Å². The number of benzene rings is 1. The van der Waals surface area contributed by atoms with Gasteiger partial charge < -0.3 is 16.0 Å². The van der Waals surface area contributed by atoms with Crippen molar-refractivity contribution in [2.24, 2.45) is 0 Å². The second-order valence-electron chi connectivity index (χ2n) is 4.16. The summed E-state index contributed by atoms with van der Waals surface area (Å²) in [5.41, 5.74) is 12.8. The van der Waals surface area contributed by atoms with Crippen molar-refractivity contribution >= 4 is 17.2 Å². The smallest absolute Gasteiger partial charge is 0.228 e. The summed E-state index contributed by atoms with van der Waals surface area (Å²) >= 11 is 0. The molecule has 2 rings (SSSR count). The maximum absolute atomic E-state index is 12.3. The van der Waals surface area contributed by atoms with Crippen molar-refractivity contribution in [3.8, 4) is 0 Å². The van der Waals surface area contributed by atoms with Crippen LogP contribution in [-0.4, -0.2) is 15.3 Å². The summed E-state index contributed by atoms with van der Waals surface area (Å²) in [6.07, 6.45) is 4.36.